The average molecular weight is 381 g/mol. The molecule has 0 bridgehead atoms. The second-order valence-corrected chi connectivity index (χ2v) is 6.44. The molecule has 6 heteroatoms. The van der Waals surface area contributed by atoms with E-state index in [0.29, 0.717) is 27.5 Å². The number of aromatic nitrogens is 2. The van der Waals surface area contributed by atoms with Crippen molar-refractivity contribution in [3.8, 4) is 16.9 Å². The molecule has 27 heavy (non-hydrogen) atoms. The summed E-state index contributed by atoms with van der Waals surface area (Å²) in [5.41, 5.74) is 3.09. The van der Waals surface area contributed by atoms with E-state index in [-0.39, 0.29) is 11.6 Å². The predicted molar refractivity (Wildman–Crippen MR) is 103 cm³/mol. The number of ketones is 1. The van der Waals surface area contributed by atoms with E-state index in [1.165, 1.54) is 12.1 Å². The minimum Gasteiger partial charge on any atom is -0.388 e. The Morgan fingerprint density at radius 2 is 1.81 bits per heavy atom. The van der Waals surface area contributed by atoms with Crippen molar-refractivity contribution in [3.63, 3.8) is 0 Å². The Hall–Kier alpha value is -3.02. The van der Waals surface area contributed by atoms with Gasteiger partial charge in [0, 0.05) is 16.5 Å². The van der Waals surface area contributed by atoms with Crippen molar-refractivity contribution < 1.29 is 14.3 Å². The number of carbonyl (C=O) groups excluding carboxylic acids is 1. The summed E-state index contributed by atoms with van der Waals surface area (Å²) in [6.07, 6.45) is 0. The summed E-state index contributed by atoms with van der Waals surface area (Å²) >= 11 is 6.35. The second kappa shape index (κ2) is 6.95. The van der Waals surface area contributed by atoms with E-state index in [0.717, 1.165) is 10.9 Å². The Balaban J connectivity index is 2.01. The standard InChI is InChI=1S/C21H14ClFN2O2/c22-18-4-2-1-3-16(18)21-17-10-5-13(20(27)12-26)11-19(17)25(24-21)15-8-6-14(23)7-9-15/h1-11,26H,12H2. The number of carbonyl (C=O) groups is 1. The molecule has 1 N–H and O–H groups in total. The Labute approximate surface area is 159 Å². The molecule has 0 saturated carbocycles. The number of halogens is 2. The number of benzene rings is 3. The van der Waals surface area contributed by atoms with Gasteiger partial charge < -0.3 is 5.11 Å². The van der Waals surface area contributed by atoms with Crippen LogP contribution in [-0.2, 0) is 0 Å². The molecule has 0 radical (unpaired) electrons. The predicted octanol–water partition coefficient (Wildman–Crippen LogP) is 4.66. The van der Waals surface area contributed by atoms with Crippen LogP contribution in [0.2, 0.25) is 5.02 Å². The highest BCUT2D eigenvalue weighted by Crippen LogP contribution is 2.34. The monoisotopic (exact) mass is 380 g/mol. The van der Waals surface area contributed by atoms with Gasteiger partial charge in [-0.1, -0.05) is 35.9 Å². The maximum absolute atomic E-state index is 13.3. The molecule has 0 unspecified atom stereocenters. The quantitative estimate of drug-likeness (QED) is 0.524. The van der Waals surface area contributed by atoms with Crippen LogP contribution in [0.1, 0.15) is 10.4 Å². The van der Waals surface area contributed by atoms with Gasteiger partial charge in [-0.3, -0.25) is 4.79 Å². The normalized spacial score (nSPS) is 11.1. The zero-order valence-corrected chi connectivity index (χ0v) is 14.8. The molecule has 0 spiro atoms. The summed E-state index contributed by atoms with van der Waals surface area (Å²) in [4.78, 5) is 11.9. The van der Waals surface area contributed by atoms with Gasteiger partial charge in [-0.2, -0.15) is 5.10 Å². The second-order valence-electron chi connectivity index (χ2n) is 6.03. The first-order valence-electron chi connectivity index (χ1n) is 8.26. The molecule has 4 nitrogen and oxygen atoms in total. The lowest BCUT2D eigenvalue weighted by molar-refractivity contribution is 0.0904. The fraction of sp³-hybridized carbons (Fsp3) is 0.0476. The van der Waals surface area contributed by atoms with Crippen LogP contribution in [-0.4, -0.2) is 27.3 Å². The van der Waals surface area contributed by atoms with Crippen molar-refractivity contribution in [2.45, 2.75) is 0 Å². The summed E-state index contributed by atoms with van der Waals surface area (Å²) < 4.78 is 15.0. The third-order valence-electron chi connectivity index (χ3n) is 4.35. The molecule has 0 saturated heterocycles. The molecule has 0 amide bonds. The Morgan fingerprint density at radius 1 is 1.07 bits per heavy atom. The maximum Gasteiger partial charge on any atom is 0.188 e. The van der Waals surface area contributed by atoms with Crippen LogP contribution in [0.5, 0.6) is 0 Å². The zero-order chi connectivity index (χ0) is 19.0. The SMILES string of the molecule is O=C(CO)c1ccc2c(-c3ccccc3Cl)nn(-c3ccc(F)cc3)c2c1. The maximum atomic E-state index is 13.3. The number of fused-ring (bicyclic) bond motifs is 1. The van der Waals surface area contributed by atoms with Crippen LogP contribution in [0.3, 0.4) is 0 Å². The van der Waals surface area contributed by atoms with Gasteiger partial charge in [-0.05, 0) is 42.5 Å². The summed E-state index contributed by atoms with van der Waals surface area (Å²) in [5, 5.41) is 15.2. The van der Waals surface area contributed by atoms with Crippen molar-refractivity contribution in [2.75, 3.05) is 6.61 Å². The Morgan fingerprint density at radius 3 is 2.52 bits per heavy atom. The van der Waals surface area contributed by atoms with E-state index in [2.05, 4.69) is 5.10 Å². The summed E-state index contributed by atoms with van der Waals surface area (Å²) in [6.45, 7) is -0.576. The van der Waals surface area contributed by atoms with Crippen LogP contribution in [0.15, 0.2) is 66.7 Å². The minimum atomic E-state index is -0.576. The number of hydrogen-bond acceptors (Lipinski definition) is 3. The summed E-state index contributed by atoms with van der Waals surface area (Å²) in [5.74, 6) is -0.735. The molecule has 4 rings (SSSR count). The van der Waals surface area contributed by atoms with Gasteiger partial charge in [0.25, 0.3) is 0 Å². The smallest absolute Gasteiger partial charge is 0.188 e. The highest BCUT2D eigenvalue weighted by atomic mass is 35.5. The third-order valence-corrected chi connectivity index (χ3v) is 4.68. The van der Waals surface area contributed by atoms with E-state index in [1.54, 1.807) is 41.1 Å². The van der Waals surface area contributed by atoms with Crippen LogP contribution < -0.4 is 0 Å². The Bertz CT molecular complexity index is 1150. The van der Waals surface area contributed by atoms with E-state index < -0.39 is 6.61 Å². The summed E-state index contributed by atoms with van der Waals surface area (Å²) in [7, 11) is 0. The van der Waals surface area contributed by atoms with E-state index in [1.807, 2.05) is 18.2 Å². The lowest BCUT2D eigenvalue weighted by Gasteiger charge is -2.04. The van der Waals surface area contributed by atoms with Gasteiger partial charge in [0.05, 0.1) is 16.2 Å². The number of rotatable bonds is 4. The van der Waals surface area contributed by atoms with Gasteiger partial charge in [0.2, 0.25) is 0 Å². The summed E-state index contributed by atoms with van der Waals surface area (Å²) in [6, 6.07) is 18.4. The molecule has 134 valence electrons. The fourth-order valence-electron chi connectivity index (χ4n) is 3.01. The van der Waals surface area contributed by atoms with Crippen LogP contribution in [0.4, 0.5) is 4.39 Å². The van der Waals surface area contributed by atoms with Crippen molar-refractivity contribution in [2.24, 2.45) is 0 Å². The van der Waals surface area contributed by atoms with Crippen LogP contribution in [0, 0.1) is 5.82 Å². The molecule has 0 aliphatic carbocycles. The van der Waals surface area contributed by atoms with E-state index >= 15 is 0 Å². The fourth-order valence-corrected chi connectivity index (χ4v) is 3.24. The van der Waals surface area contributed by atoms with E-state index in [9.17, 15) is 9.18 Å². The molecule has 1 heterocycles. The molecule has 0 fully saturated rings. The molecule has 3 aromatic carbocycles. The van der Waals surface area contributed by atoms with Gasteiger partial charge in [-0.25, -0.2) is 9.07 Å². The average Bonchev–Trinajstić information content (AvgIpc) is 3.07. The molecule has 0 aliphatic heterocycles. The zero-order valence-electron chi connectivity index (χ0n) is 14.1. The molecular weight excluding hydrogens is 367 g/mol. The first kappa shape index (κ1) is 17.4. The van der Waals surface area contributed by atoms with Gasteiger partial charge in [0.1, 0.15) is 18.1 Å². The van der Waals surface area contributed by atoms with Crippen LogP contribution >= 0.6 is 11.6 Å². The van der Waals surface area contributed by atoms with Gasteiger partial charge >= 0.3 is 0 Å². The van der Waals surface area contributed by atoms with Gasteiger partial charge in [0.15, 0.2) is 5.78 Å². The first-order chi connectivity index (χ1) is 13.1. The van der Waals surface area contributed by atoms with Crippen LogP contribution in [0.25, 0.3) is 27.8 Å². The number of nitrogens with zero attached hydrogens (tertiary/aromatic N) is 2. The number of aliphatic hydroxyl groups excluding tert-OH is 1. The highest BCUT2D eigenvalue weighted by molar-refractivity contribution is 6.33. The lowest BCUT2D eigenvalue weighted by atomic mass is 10.0. The molecule has 4 aromatic rings. The molecule has 0 aliphatic rings. The first-order valence-corrected chi connectivity index (χ1v) is 8.64. The van der Waals surface area contributed by atoms with Crippen molar-refractivity contribution in [1.29, 1.82) is 0 Å². The molecular formula is C21H14ClFN2O2. The number of Topliss-reactive ketones (excluding diaryl/α,β-unsaturated/α-hetero) is 1. The van der Waals surface area contributed by atoms with Crippen molar-refractivity contribution in [3.05, 3.63) is 83.1 Å². The lowest BCUT2D eigenvalue weighted by Crippen LogP contribution is -2.04. The number of aliphatic hydroxyl groups is 1. The Kier molecular flexibility index (Phi) is 4.48. The van der Waals surface area contributed by atoms with E-state index in [4.69, 9.17) is 16.7 Å². The van der Waals surface area contributed by atoms with Crippen molar-refractivity contribution in [1.82, 2.24) is 9.78 Å². The topological polar surface area (TPSA) is 55.1 Å². The minimum absolute atomic E-state index is 0.349. The number of hydrogen-bond donors (Lipinski definition) is 1. The van der Waals surface area contributed by atoms with Crippen molar-refractivity contribution >= 4 is 28.3 Å². The largest absolute Gasteiger partial charge is 0.388 e. The third kappa shape index (κ3) is 3.12. The highest BCUT2D eigenvalue weighted by Gasteiger charge is 2.17. The van der Waals surface area contributed by atoms with Gasteiger partial charge in [-0.15, -0.1) is 0 Å². The molecule has 0 atom stereocenters. The molecule has 1 aromatic heterocycles.